The van der Waals surface area contributed by atoms with Crippen LogP contribution in [0.4, 0.5) is 0 Å². The molecule has 38 heteroatoms. The van der Waals surface area contributed by atoms with Crippen molar-refractivity contribution in [1.29, 1.82) is 0 Å². The van der Waals surface area contributed by atoms with Crippen molar-refractivity contribution >= 4 is 102 Å². The molecule has 0 aromatic rings. The molecule has 0 fully saturated rings. The van der Waals surface area contributed by atoms with Gasteiger partial charge in [0.1, 0.15) is 18.8 Å². The second-order valence-corrected chi connectivity index (χ2v) is 27.1. The van der Waals surface area contributed by atoms with E-state index < -0.39 is 67.3 Å². The summed E-state index contributed by atoms with van der Waals surface area (Å²) in [7, 11) is 5.94. The maximum atomic E-state index is 13.3. The number of rotatable bonds is 63. The summed E-state index contributed by atoms with van der Waals surface area (Å²) in [6.07, 6.45) is 2.33. The van der Waals surface area contributed by atoms with Crippen molar-refractivity contribution in [3.8, 4) is 0 Å². The minimum atomic E-state index is -1.27. The van der Waals surface area contributed by atoms with E-state index in [9.17, 15) is 53.1 Å². The Morgan fingerprint density at radius 2 is 0.723 bits per heavy atom. The van der Waals surface area contributed by atoms with Gasteiger partial charge >= 0.3 is 5.97 Å². The Bertz CT molecular complexity index is 2030. The minimum Gasteiger partial charge on any atom is -0.463 e. The molecular formula is C56H115N21O13S4. The lowest BCUT2D eigenvalue weighted by Gasteiger charge is -2.24. The number of ether oxygens (including phenoxy) is 1. The zero-order chi connectivity index (χ0) is 70.0. The van der Waals surface area contributed by atoms with Crippen molar-refractivity contribution in [3.63, 3.8) is 0 Å². The number of amides is 9. The Morgan fingerprint density at radius 3 is 1.07 bits per heavy atom. The molecule has 0 aromatic carbocycles. The molecule has 94 heavy (non-hydrogen) atoms. The molecule has 0 rings (SSSR count). The van der Waals surface area contributed by atoms with Crippen LogP contribution in [0.1, 0.15) is 77.0 Å². The lowest BCUT2D eigenvalue weighted by Crippen LogP contribution is -2.47. The van der Waals surface area contributed by atoms with Crippen molar-refractivity contribution in [2.45, 2.75) is 113 Å². The van der Waals surface area contributed by atoms with Gasteiger partial charge in [0.25, 0.3) is 0 Å². The van der Waals surface area contributed by atoms with Crippen LogP contribution in [0.25, 0.3) is 0 Å². The van der Waals surface area contributed by atoms with Gasteiger partial charge in [-0.2, -0.15) is 0 Å². The molecule has 0 aliphatic rings. The third-order valence-electron chi connectivity index (χ3n) is 13.6. The first-order valence-corrected chi connectivity index (χ1v) is 37.3. The van der Waals surface area contributed by atoms with Gasteiger partial charge in [-0.3, -0.25) is 57.7 Å². The SMILES string of the molecule is NCCCC(N)C(=O)NCCN(CCNCC(=O)NCCSSCCNC(=O)CCC(NC(=O)CCC(=O)OC[C@H](O)CO)C(=O)NCCSSCCNC(=O)CNCCN(CCNC(=O)C(N)CCCN)CCNC(=O)C(N)CCCN)CCNC(=O)C(N)CCCN. The standard InChI is InChI=1S/C56H115N21O13S4/c57-13-1-5-42(61)52(85)70-19-29-76(30-20-71-53(86)43(62)6-2-14-58)27-17-65-37-49(82)68-24-34-92-91-33-23-67-47(80)10-9-46(75-48(81)11-12-51(84)90-40-41(79)39-78)56(89)74-26-36-94-93-35-25-69-50(83)38-66-18-28-77(31-21-72-54(87)44(63)7-3-15-59)32-22-73-55(88)45(64)8-4-16-60/h41-46,65-66,78-79H,1-40,57-64H2,(H,67,80)(H,68,82)(H,69,83)(H,70,85)(H,71,86)(H,72,87)(H,73,88)(H,74,89)(H,75,81)/t41-,42?,43?,44?,45?,46?/m1/s1. The topological polar surface area (TPSA) is 567 Å². The smallest absolute Gasteiger partial charge is 0.306 e. The fourth-order valence-corrected chi connectivity index (χ4v) is 11.7. The fraction of sp³-hybridized carbons (Fsp3) is 0.821. The molecule has 0 bridgehead atoms. The Morgan fingerprint density at radius 1 is 0.394 bits per heavy atom. The Hall–Kier alpha value is -4.46. The van der Waals surface area contributed by atoms with Crippen LogP contribution in [0.5, 0.6) is 0 Å². The Kier molecular flexibility index (Phi) is 58.0. The minimum absolute atomic E-state index is 0.0477. The average molecular weight is 1420 g/mol. The maximum absolute atomic E-state index is 13.3. The van der Waals surface area contributed by atoms with Crippen LogP contribution < -0.4 is 104 Å². The summed E-state index contributed by atoms with van der Waals surface area (Å²) >= 11 is 0. The third-order valence-corrected chi connectivity index (χ3v) is 18.4. The number of nitrogens with zero attached hydrogens (tertiary/aromatic N) is 2. The van der Waals surface area contributed by atoms with Gasteiger partial charge in [0, 0.05) is 141 Å². The monoisotopic (exact) mass is 1420 g/mol. The maximum Gasteiger partial charge on any atom is 0.306 e. The predicted molar refractivity (Wildman–Crippen MR) is 372 cm³/mol. The average Bonchev–Trinajstić information content (AvgIpc) is 1.70. The molecule has 0 aromatic heterocycles. The molecule has 0 spiro atoms. The van der Waals surface area contributed by atoms with E-state index in [1.807, 2.05) is 9.80 Å². The summed E-state index contributed by atoms with van der Waals surface area (Å²) in [6, 6.07) is -3.75. The van der Waals surface area contributed by atoms with Crippen molar-refractivity contribution in [1.82, 2.24) is 68.3 Å². The van der Waals surface area contributed by atoms with Crippen LogP contribution in [-0.2, 0) is 52.7 Å². The predicted octanol–water partition coefficient (Wildman–Crippen LogP) is -8.33. The third kappa shape index (κ3) is 51.8. The lowest BCUT2D eigenvalue weighted by molar-refractivity contribution is -0.148. The summed E-state index contributed by atoms with van der Waals surface area (Å²) in [5, 5.41) is 49.9. The Balaban J connectivity index is 4.90. The van der Waals surface area contributed by atoms with E-state index >= 15 is 0 Å². The number of aliphatic hydroxyl groups excluding tert-OH is 2. The van der Waals surface area contributed by atoms with Crippen LogP contribution in [0.15, 0.2) is 0 Å². The first kappa shape index (κ1) is 89.5. The van der Waals surface area contributed by atoms with Gasteiger partial charge in [-0.25, -0.2) is 0 Å². The normalized spacial score (nSPS) is 13.2. The second-order valence-electron chi connectivity index (χ2n) is 21.7. The first-order chi connectivity index (χ1) is 45.2. The summed E-state index contributed by atoms with van der Waals surface area (Å²) in [5.74, 6) is -1.64. The molecule has 29 N–H and O–H groups in total. The number of nitrogens with one attached hydrogen (secondary N) is 11. The van der Waals surface area contributed by atoms with Gasteiger partial charge < -0.3 is 119 Å². The summed E-state index contributed by atoms with van der Waals surface area (Å²) in [5.41, 5.74) is 46.0. The number of esters is 1. The molecule has 6 atom stereocenters. The van der Waals surface area contributed by atoms with E-state index in [0.717, 1.165) is 0 Å². The van der Waals surface area contributed by atoms with Crippen LogP contribution in [-0.4, -0.2) is 296 Å². The first-order valence-electron chi connectivity index (χ1n) is 32.3. The summed E-state index contributed by atoms with van der Waals surface area (Å²) in [4.78, 5) is 130. The molecule has 0 heterocycles. The lowest BCUT2D eigenvalue weighted by atomic mass is 10.1. The summed E-state index contributed by atoms with van der Waals surface area (Å²) in [6.45, 7) is 7.27. The van der Waals surface area contributed by atoms with E-state index in [1.54, 1.807) is 0 Å². The van der Waals surface area contributed by atoms with Crippen LogP contribution >= 0.6 is 43.2 Å². The molecule has 0 radical (unpaired) electrons. The molecule has 0 saturated carbocycles. The quantitative estimate of drug-likeness (QED) is 0.0153. The number of nitrogens with two attached hydrogens (primary N) is 8. The van der Waals surface area contributed by atoms with Crippen molar-refractivity contribution in [2.75, 3.05) is 180 Å². The summed E-state index contributed by atoms with van der Waals surface area (Å²) < 4.78 is 4.86. The molecule has 5 unspecified atom stereocenters. The van der Waals surface area contributed by atoms with E-state index in [0.29, 0.717) is 199 Å². The van der Waals surface area contributed by atoms with Gasteiger partial charge in [0.05, 0.1) is 50.3 Å². The van der Waals surface area contributed by atoms with Crippen molar-refractivity contribution in [3.05, 3.63) is 0 Å². The molecule has 546 valence electrons. The highest BCUT2D eigenvalue weighted by Crippen LogP contribution is 2.20. The number of hydrogen-bond acceptors (Lipinski definition) is 29. The highest BCUT2D eigenvalue weighted by atomic mass is 33.1. The van der Waals surface area contributed by atoms with Crippen molar-refractivity contribution < 1.29 is 62.9 Å². The van der Waals surface area contributed by atoms with Crippen LogP contribution in [0, 0.1) is 0 Å². The number of hydrogen-bond donors (Lipinski definition) is 21. The van der Waals surface area contributed by atoms with Crippen molar-refractivity contribution in [2.24, 2.45) is 45.9 Å². The molecule has 0 saturated heterocycles. The number of carbonyl (C=O) groups excluding carboxylic acids is 10. The van der Waals surface area contributed by atoms with Gasteiger partial charge in [-0.05, 0) is 84.0 Å². The van der Waals surface area contributed by atoms with E-state index in [4.69, 9.17) is 55.7 Å². The highest BCUT2D eigenvalue weighted by molar-refractivity contribution is 8.77. The zero-order valence-corrected chi connectivity index (χ0v) is 58.0. The molecule has 0 aliphatic heterocycles. The number of aliphatic hydroxyl groups is 2. The second kappa shape index (κ2) is 60.9. The van der Waals surface area contributed by atoms with Gasteiger partial charge in [0.15, 0.2) is 0 Å². The van der Waals surface area contributed by atoms with Crippen LogP contribution in [0.2, 0.25) is 0 Å². The van der Waals surface area contributed by atoms with Crippen LogP contribution in [0.3, 0.4) is 0 Å². The molecular weight excluding hydrogens is 1300 g/mol. The van der Waals surface area contributed by atoms with E-state index in [2.05, 4.69) is 58.5 Å². The molecule has 0 aliphatic carbocycles. The zero-order valence-electron chi connectivity index (χ0n) is 54.8. The largest absolute Gasteiger partial charge is 0.463 e. The van der Waals surface area contributed by atoms with E-state index in [1.165, 1.54) is 43.2 Å². The number of carbonyl (C=O) groups is 10. The van der Waals surface area contributed by atoms with Gasteiger partial charge in [0.2, 0.25) is 53.2 Å². The van der Waals surface area contributed by atoms with E-state index in [-0.39, 0.29) is 86.7 Å². The molecule has 9 amide bonds. The Labute approximate surface area is 570 Å². The van der Waals surface area contributed by atoms with Gasteiger partial charge in [-0.15, -0.1) is 0 Å². The highest BCUT2D eigenvalue weighted by Gasteiger charge is 2.24. The van der Waals surface area contributed by atoms with Gasteiger partial charge in [-0.1, -0.05) is 43.2 Å². The molecule has 34 nitrogen and oxygen atoms in total. The fourth-order valence-electron chi connectivity index (χ4n) is 8.12.